The number of nitrogens with two attached hydrogens (primary N) is 1. The van der Waals surface area contributed by atoms with E-state index in [9.17, 15) is 14.4 Å². The first-order chi connectivity index (χ1) is 15.4. The van der Waals surface area contributed by atoms with Gasteiger partial charge < -0.3 is 31.2 Å². The maximum Gasteiger partial charge on any atom is 0.407 e. The Bertz CT molecular complexity index is 633. The second kappa shape index (κ2) is 14.4. The molecule has 0 aliphatic heterocycles. The Morgan fingerprint density at radius 3 is 1.88 bits per heavy atom. The Labute approximate surface area is 206 Å². The number of ether oxygens (including phenoxy) is 2. The van der Waals surface area contributed by atoms with Crippen molar-refractivity contribution in [3.63, 3.8) is 0 Å². The molecule has 9 heteroatoms. The summed E-state index contributed by atoms with van der Waals surface area (Å²) in [5, 5.41) is 8.47. The number of carbonyl (C=O) groups is 3. The van der Waals surface area contributed by atoms with Gasteiger partial charge in [-0.05, 0) is 85.1 Å². The average Bonchev–Trinajstić information content (AvgIpc) is 2.62. The molecule has 0 aromatic carbocycles. The van der Waals surface area contributed by atoms with Crippen molar-refractivity contribution >= 4 is 18.1 Å². The van der Waals surface area contributed by atoms with Crippen molar-refractivity contribution in [2.45, 2.75) is 112 Å². The van der Waals surface area contributed by atoms with E-state index >= 15 is 0 Å². The molecule has 0 saturated carbocycles. The highest BCUT2D eigenvalue weighted by molar-refractivity contribution is 5.78. The molecule has 0 unspecified atom stereocenters. The van der Waals surface area contributed by atoms with Crippen molar-refractivity contribution in [2.24, 2.45) is 11.1 Å². The monoisotopic (exact) mass is 485 g/mol. The van der Waals surface area contributed by atoms with Gasteiger partial charge in [0.15, 0.2) is 0 Å². The van der Waals surface area contributed by atoms with Crippen LogP contribution in [0.4, 0.5) is 9.59 Å². The van der Waals surface area contributed by atoms with Gasteiger partial charge in [-0.25, -0.2) is 9.59 Å². The standard InChI is InChI=1S/C25H49N4O5/c1-23(2,3)18(12-10-14-26)16-20(30)28-17-19(29-22(32)34-25(7,8)9)13-11-15-27-21(31)33-24(4,5)6/h19H,10-17,26H2,1-9H3,(H,27,31)(H,28,30)(H,29,32)/t19-/m0/s1. The van der Waals surface area contributed by atoms with E-state index in [0.717, 1.165) is 18.8 Å². The Kier molecular flexibility index (Phi) is 13.5. The molecule has 9 nitrogen and oxygen atoms in total. The summed E-state index contributed by atoms with van der Waals surface area (Å²) in [7, 11) is 0. The lowest BCUT2D eigenvalue weighted by Gasteiger charge is -2.30. The van der Waals surface area contributed by atoms with Crippen molar-refractivity contribution in [3.05, 3.63) is 5.92 Å². The molecule has 199 valence electrons. The number of hydrogen-bond acceptors (Lipinski definition) is 6. The van der Waals surface area contributed by atoms with Gasteiger partial charge in [0.25, 0.3) is 0 Å². The second-order valence-corrected chi connectivity index (χ2v) is 11.6. The van der Waals surface area contributed by atoms with Gasteiger partial charge in [0, 0.05) is 25.6 Å². The molecular formula is C25H49N4O5. The molecule has 1 radical (unpaired) electrons. The highest BCUT2D eigenvalue weighted by Crippen LogP contribution is 2.34. The SMILES string of the molecule is CC(C)(C)OC(=O)NCCC[C@@H](CNC(=O)C[C](CCCN)C(C)(C)C)NC(=O)OC(C)(C)C. The fourth-order valence-corrected chi connectivity index (χ4v) is 3.09. The number of nitrogens with one attached hydrogen (secondary N) is 3. The number of alkyl carbamates (subject to hydrolysis) is 2. The lowest BCUT2D eigenvalue weighted by atomic mass is 9.76. The van der Waals surface area contributed by atoms with Crippen LogP contribution in [-0.4, -0.2) is 55.0 Å². The van der Waals surface area contributed by atoms with Gasteiger partial charge in [-0.1, -0.05) is 20.8 Å². The van der Waals surface area contributed by atoms with Gasteiger partial charge in [0.1, 0.15) is 11.2 Å². The summed E-state index contributed by atoms with van der Waals surface area (Å²) in [4.78, 5) is 36.8. The van der Waals surface area contributed by atoms with Crippen LogP contribution in [0.5, 0.6) is 0 Å². The molecule has 0 aliphatic carbocycles. The van der Waals surface area contributed by atoms with E-state index < -0.39 is 23.4 Å². The zero-order chi connectivity index (χ0) is 26.6. The van der Waals surface area contributed by atoms with Gasteiger partial charge in [-0.2, -0.15) is 0 Å². The lowest BCUT2D eigenvalue weighted by molar-refractivity contribution is -0.121. The minimum atomic E-state index is -0.629. The van der Waals surface area contributed by atoms with E-state index in [1.54, 1.807) is 41.5 Å². The zero-order valence-electron chi connectivity index (χ0n) is 22.9. The van der Waals surface area contributed by atoms with Crippen LogP contribution in [0.2, 0.25) is 0 Å². The Morgan fingerprint density at radius 1 is 0.824 bits per heavy atom. The maximum absolute atomic E-state index is 12.7. The molecule has 0 aromatic heterocycles. The normalized spacial score (nSPS) is 13.3. The minimum absolute atomic E-state index is 0.0893. The minimum Gasteiger partial charge on any atom is -0.444 e. The fourth-order valence-electron chi connectivity index (χ4n) is 3.09. The molecule has 0 aromatic rings. The first-order valence-corrected chi connectivity index (χ1v) is 12.2. The van der Waals surface area contributed by atoms with Crippen molar-refractivity contribution in [2.75, 3.05) is 19.6 Å². The molecule has 5 N–H and O–H groups in total. The molecule has 0 bridgehead atoms. The van der Waals surface area contributed by atoms with Crippen LogP contribution in [0.1, 0.15) is 94.4 Å². The topological polar surface area (TPSA) is 132 Å². The summed E-state index contributed by atoms with van der Waals surface area (Å²) in [5.74, 6) is 1.05. The van der Waals surface area contributed by atoms with E-state index in [1.807, 2.05) is 0 Å². The lowest BCUT2D eigenvalue weighted by Crippen LogP contribution is -2.46. The third-order valence-electron chi connectivity index (χ3n) is 4.78. The van der Waals surface area contributed by atoms with E-state index in [2.05, 4.69) is 36.7 Å². The molecule has 34 heavy (non-hydrogen) atoms. The van der Waals surface area contributed by atoms with Crippen LogP contribution in [0.25, 0.3) is 0 Å². The second-order valence-electron chi connectivity index (χ2n) is 11.6. The molecule has 0 spiro atoms. The number of carbonyl (C=O) groups excluding carboxylic acids is 3. The van der Waals surface area contributed by atoms with Gasteiger partial charge in [-0.3, -0.25) is 4.79 Å². The number of hydrogen-bond donors (Lipinski definition) is 4. The first-order valence-electron chi connectivity index (χ1n) is 12.2. The van der Waals surface area contributed by atoms with Crippen molar-refractivity contribution in [1.29, 1.82) is 0 Å². The third kappa shape index (κ3) is 17.4. The zero-order valence-corrected chi connectivity index (χ0v) is 22.9. The quantitative estimate of drug-likeness (QED) is 0.308. The Balaban J connectivity index is 4.87. The van der Waals surface area contributed by atoms with Crippen molar-refractivity contribution in [1.82, 2.24) is 16.0 Å². The average molecular weight is 486 g/mol. The largest absolute Gasteiger partial charge is 0.444 e. The highest BCUT2D eigenvalue weighted by atomic mass is 16.6. The van der Waals surface area contributed by atoms with Crippen LogP contribution in [0.15, 0.2) is 0 Å². The molecule has 0 aliphatic rings. The summed E-state index contributed by atoms with van der Waals surface area (Å²) in [5.41, 5.74) is 4.36. The van der Waals surface area contributed by atoms with E-state index in [4.69, 9.17) is 15.2 Å². The van der Waals surface area contributed by atoms with Gasteiger partial charge >= 0.3 is 12.2 Å². The summed E-state index contributed by atoms with van der Waals surface area (Å²) in [6, 6.07) is -0.346. The smallest absolute Gasteiger partial charge is 0.407 e. The fraction of sp³-hybridized carbons (Fsp3) is 0.840. The molecule has 1 atom stereocenters. The molecule has 0 saturated heterocycles. The van der Waals surface area contributed by atoms with Crippen LogP contribution < -0.4 is 21.7 Å². The summed E-state index contributed by atoms with van der Waals surface area (Å²) < 4.78 is 10.6. The number of rotatable bonds is 12. The highest BCUT2D eigenvalue weighted by Gasteiger charge is 2.27. The van der Waals surface area contributed by atoms with Gasteiger partial charge in [0.2, 0.25) is 5.91 Å². The van der Waals surface area contributed by atoms with Crippen LogP contribution in [-0.2, 0) is 14.3 Å². The molecular weight excluding hydrogens is 436 g/mol. The molecule has 0 heterocycles. The van der Waals surface area contributed by atoms with Crippen LogP contribution in [0.3, 0.4) is 0 Å². The molecule has 0 rings (SSSR count). The van der Waals surface area contributed by atoms with E-state index in [0.29, 0.717) is 32.4 Å². The summed E-state index contributed by atoms with van der Waals surface area (Å²) >= 11 is 0. The van der Waals surface area contributed by atoms with Crippen molar-refractivity contribution in [3.8, 4) is 0 Å². The maximum atomic E-state index is 12.7. The number of amides is 3. The Morgan fingerprint density at radius 2 is 1.38 bits per heavy atom. The first kappa shape index (κ1) is 32.0. The summed E-state index contributed by atoms with van der Waals surface area (Å²) in [6.45, 7) is 18.3. The van der Waals surface area contributed by atoms with Crippen LogP contribution >= 0.6 is 0 Å². The Hall–Kier alpha value is -2.03. The van der Waals surface area contributed by atoms with Crippen molar-refractivity contribution < 1.29 is 23.9 Å². The van der Waals surface area contributed by atoms with Crippen LogP contribution in [0, 0.1) is 11.3 Å². The van der Waals surface area contributed by atoms with E-state index in [-0.39, 0.29) is 23.9 Å². The molecule has 3 amide bonds. The van der Waals surface area contributed by atoms with Gasteiger partial charge in [-0.15, -0.1) is 0 Å². The van der Waals surface area contributed by atoms with Gasteiger partial charge in [0.05, 0.1) is 0 Å². The summed E-state index contributed by atoms with van der Waals surface area (Å²) in [6.07, 6.45) is 2.07. The predicted molar refractivity (Wildman–Crippen MR) is 135 cm³/mol. The third-order valence-corrected chi connectivity index (χ3v) is 4.78. The molecule has 0 fully saturated rings. The van der Waals surface area contributed by atoms with E-state index in [1.165, 1.54) is 0 Å². The predicted octanol–water partition coefficient (Wildman–Crippen LogP) is 4.05.